The molecule has 1 rings (SSSR count). The van der Waals surface area contributed by atoms with Gasteiger partial charge in [0.2, 0.25) is 0 Å². The third-order valence-corrected chi connectivity index (χ3v) is 1.52. The molecule has 0 aromatic heterocycles. The van der Waals surface area contributed by atoms with E-state index in [-0.39, 0.29) is 0 Å². The molecule has 0 unspecified atom stereocenters. The Morgan fingerprint density at radius 2 is 2.29 bits per heavy atom. The summed E-state index contributed by atoms with van der Waals surface area (Å²) in [6.07, 6.45) is 1.46. The second kappa shape index (κ2) is 4.86. The van der Waals surface area contributed by atoms with Crippen molar-refractivity contribution in [2.45, 2.75) is 0 Å². The van der Waals surface area contributed by atoms with Crippen molar-refractivity contribution in [3.63, 3.8) is 0 Å². The highest BCUT2D eigenvalue weighted by atomic mass is 16.5. The van der Waals surface area contributed by atoms with Crippen LogP contribution in [0.15, 0.2) is 29.4 Å². The molecule has 1 aromatic rings. The van der Waals surface area contributed by atoms with Crippen LogP contribution in [0.3, 0.4) is 0 Å². The highest BCUT2D eigenvalue weighted by molar-refractivity contribution is 5.84. The predicted octanol–water partition coefficient (Wildman–Crippen LogP) is 0.697. The van der Waals surface area contributed by atoms with Crippen LogP contribution in [-0.4, -0.2) is 19.4 Å². The maximum absolute atomic E-state index is 10.3. The number of urea groups is 1. The van der Waals surface area contributed by atoms with E-state index in [0.29, 0.717) is 5.75 Å². The molecular formula is C9H11N3O2. The number of rotatable bonds is 3. The van der Waals surface area contributed by atoms with E-state index in [1.54, 1.807) is 13.2 Å². The zero-order chi connectivity index (χ0) is 10.4. The SMILES string of the molecule is COc1ccccc1/C=N\NC(N)=O. The largest absolute Gasteiger partial charge is 0.496 e. The van der Waals surface area contributed by atoms with E-state index in [0.717, 1.165) is 5.56 Å². The first-order valence-corrected chi connectivity index (χ1v) is 3.95. The third kappa shape index (κ3) is 2.78. The van der Waals surface area contributed by atoms with Gasteiger partial charge in [0, 0.05) is 5.56 Å². The number of hydrogen-bond acceptors (Lipinski definition) is 3. The molecule has 14 heavy (non-hydrogen) atoms. The molecule has 0 saturated heterocycles. The van der Waals surface area contributed by atoms with E-state index in [2.05, 4.69) is 10.5 Å². The summed E-state index contributed by atoms with van der Waals surface area (Å²) in [6, 6.07) is 6.60. The van der Waals surface area contributed by atoms with Crippen LogP contribution in [-0.2, 0) is 0 Å². The fraction of sp³-hybridized carbons (Fsp3) is 0.111. The summed E-state index contributed by atoms with van der Waals surface area (Å²) in [5.74, 6) is 0.683. The van der Waals surface area contributed by atoms with E-state index < -0.39 is 6.03 Å². The summed E-state index contributed by atoms with van der Waals surface area (Å²) < 4.78 is 5.07. The normalized spacial score (nSPS) is 10.1. The molecule has 0 aliphatic rings. The number of hydrogen-bond donors (Lipinski definition) is 2. The lowest BCUT2D eigenvalue weighted by Crippen LogP contribution is -2.24. The van der Waals surface area contributed by atoms with Gasteiger partial charge in [0.15, 0.2) is 0 Å². The van der Waals surface area contributed by atoms with Crippen molar-refractivity contribution in [2.24, 2.45) is 10.8 Å². The number of hydrazone groups is 1. The Morgan fingerprint density at radius 1 is 1.57 bits per heavy atom. The number of primary amides is 1. The summed E-state index contributed by atoms with van der Waals surface area (Å²) in [5, 5.41) is 3.62. The van der Waals surface area contributed by atoms with Gasteiger partial charge in [0.05, 0.1) is 13.3 Å². The van der Waals surface area contributed by atoms with Crippen LogP contribution >= 0.6 is 0 Å². The van der Waals surface area contributed by atoms with E-state index in [1.807, 2.05) is 18.2 Å². The number of benzene rings is 1. The Labute approximate surface area is 81.6 Å². The zero-order valence-electron chi connectivity index (χ0n) is 7.73. The van der Waals surface area contributed by atoms with Crippen molar-refractivity contribution in [3.8, 4) is 5.75 Å². The molecule has 5 nitrogen and oxygen atoms in total. The molecule has 0 saturated carbocycles. The number of amides is 2. The smallest absolute Gasteiger partial charge is 0.332 e. The molecule has 2 amide bonds. The highest BCUT2D eigenvalue weighted by Gasteiger charge is 1.96. The number of nitrogens with one attached hydrogen (secondary N) is 1. The highest BCUT2D eigenvalue weighted by Crippen LogP contribution is 2.14. The average Bonchev–Trinajstić information content (AvgIpc) is 2.18. The number of para-hydroxylation sites is 1. The molecule has 1 aromatic carbocycles. The van der Waals surface area contributed by atoms with E-state index in [1.165, 1.54) is 6.21 Å². The number of carbonyl (C=O) groups is 1. The van der Waals surface area contributed by atoms with Crippen molar-refractivity contribution in [1.29, 1.82) is 0 Å². The molecule has 3 N–H and O–H groups in total. The van der Waals surface area contributed by atoms with Crippen LogP contribution < -0.4 is 15.9 Å². The quantitative estimate of drug-likeness (QED) is 0.547. The number of carbonyl (C=O) groups excluding carboxylic acids is 1. The summed E-state index contributed by atoms with van der Waals surface area (Å²) in [6.45, 7) is 0. The predicted molar refractivity (Wildman–Crippen MR) is 53.3 cm³/mol. The molecule has 5 heteroatoms. The fourth-order valence-electron chi connectivity index (χ4n) is 0.939. The fourth-order valence-corrected chi connectivity index (χ4v) is 0.939. The molecule has 0 aliphatic heterocycles. The molecule has 74 valence electrons. The third-order valence-electron chi connectivity index (χ3n) is 1.52. The van der Waals surface area contributed by atoms with E-state index in [4.69, 9.17) is 10.5 Å². The first-order valence-electron chi connectivity index (χ1n) is 3.95. The molecule has 0 atom stereocenters. The van der Waals surface area contributed by atoms with Crippen LogP contribution in [0.4, 0.5) is 4.79 Å². The van der Waals surface area contributed by atoms with Gasteiger partial charge in [-0.05, 0) is 12.1 Å². The molecule has 0 bridgehead atoms. The van der Waals surface area contributed by atoms with Gasteiger partial charge in [-0.15, -0.1) is 0 Å². The van der Waals surface area contributed by atoms with Gasteiger partial charge in [-0.2, -0.15) is 5.10 Å². The molecule has 0 fully saturated rings. The van der Waals surface area contributed by atoms with Crippen molar-refractivity contribution in [2.75, 3.05) is 7.11 Å². The number of ether oxygens (including phenoxy) is 1. The molecule has 0 radical (unpaired) electrons. The average molecular weight is 193 g/mol. The topological polar surface area (TPSA) is 76.7 Å². The Kier molecular flexibility index (Phi) is 3.49. The van der Waals surface area contributed by atoms with Crippen LogP contribution in [0.1, 0.15) is 5.56 Å². The van der Waals surface area contributed by atoms with Crippen LogP contribution in [0.5, 0.6) is 5.75 Å². The molecular weight excluding hydrogens is 182 g/mol. The second-order valence-corrected chi connectivity index (χ2v) is 2.48. The van der Waals surface area contributed by atoms with Crippen molar-refractivity contribution >= 4 is 12.2 Å². The van der Waals surface area contributed by atoms with E-state index >= 15 is 0 Å². The monoisotopic (exact) mass is 193 g/mol. The number of nitrogens with zero attached hydrogens (tertiary/aromatic N) is 1. The van der Waals surface area contributed by atoms with Crippen LogP contribution in [0.2, 0.25) is 0 Å². The van der Waals surface area contributed by atoms with Gasteiger partial charge in [0.1, 0.15) is 5.75 Å². The second-order valence-electron chi connectivity index (χ2n) is 2.48. The summed E-state index contributed by atoms with van der Waals surface area (Å²) in [5.41, 5.74) is 7.70. The van der Waals surface area contributed by atoms with Gasteiger partial charge < -0.3 is 10.5 Å². The van der Waals surface area contributed by atoms with E-state index in [9.17, 15) is 4.79 Å². The lowest BCUT2D eigenvalue weighted by Gasteiger charge is -2.02. The molecule has 0 spiro atoms. The van der Waals surface area contributed by atoms with Crippen molar-refractivity contribution < 1.29 is 9.53 Å². The molecule has 0 aliphatic carbocycles. The van der Waals surface area contributed by atoms with Gasteiger partial charge in [-0.3, -0.25) is 0 Å². The van der Waals surface area contributed by atoms with Crippen molar-refractivity contribution in [1.82, 2.24) is 5.43 Å². The first-order chi connectivity index (χ1) is 6.74. The van der Waals surface area contributed by atoms with Crippen molar-refractivity contribution in [3.05, 3.63) is 29.8 Å². The summed E-state index contributed by atoms with van der Waals surface area (Å²) in [4.78, 5) is 10.3. The number of nitrogens with two attached hydrogens (primary N) is 1. The number of methoxy groups -OCH3 is 1. The zero-order valence-corrected chi connectivity index (χ0v) is 7.73. The minimum Gasteiger partial charge on any atom is -0.496 e. The lowest BCUT2D eigenvalue weighted by molar-refractivity contribution is 0.249. The Balaban J connectivity index is 2.75. The minimum absolute atomic E-state index is 0.683. The van der Waals surface area contributed by atoms with Gasteiger partial charge >= 0.3 is 6.03 Å². The summed E-state index contributed by atoms with van der Waals surface area (Å²) >= 11 is 0. The molecule has 0 heterocycles. The maximum atomic E-state index is 10.3. The summed E-state index contributed by atoms with van der Waals surface area (Å²) in [7, 11) is 1.56. The first kappa shape index (κ1) is 10.0. The minimum atomic E-state index is -0.698. The van der Waals surface area contributed by atoms with Gasteiger partial charge in [0.25, 0.3) is 0 Å². The standard InChI is InChI=1S/C9H11N3O2/c1-14-8-5-3-2-4-7(8)6-11-12-9(10)13/h2-6H,1H3,(H3,10,12,13)/b11-6-. The Bertz CT molecular complexity index is 350. The van der Waals surface area contributed by atoms with Crippen LogP contribution in [0, 0.1) is 0 Å². The van der Waals surface area contributed by atoms with Crippen LogP contribution in [0.25, 0.3) is 0 Å². The Hall–Kier alpha value is -2.04. The lowest BCUT2D eigenvalue weighted by atomic mass is 10.2. The van der Waals surface area contributed by atoms with Gasteiger partial charge in [-0.25, -0.2) is 10.2 Å². The Morgan fingerprint density at radius 3 is 2.93 bits per heavy atom. The maximum Gasteiger partial charge on any atom is 0.332 e. The van der Waals surface area contributed by atoms with Gasteiger partial charge in [-0.1, -0.05) is 12.1 Å².